The molecule has 0 bridgehead atoms. The number of nitrogens with zero attached hydrogens (tertiary/aromatic N) is 2. The predicted molar refractivity (Wildman–Crippen MR) is 116 cm³/mol. The second-order valence-electron chi connectivity index (χ2n) is 8.37. The first-order valence-corrected chi connectivity index (χ1v) is 12.8. The molecule has 1 aromatic carbocycles. The first-order valence-electron chi connectivity index (χ1n) is 10.9. The second kappa shape index (κ2) is 10.4. The monoisotopic (exact) mass is 435 g/mol. The Bertz CT molecular complexity index is 822. The van der Waals surface area contributed by atoms with Crippen molar-refractivity contribution in [3.63, 3.8) is 0 Å². The van der Waals surface area contributed by atoms with E-state index in [2.05, 4.69) is 5.32 Å². The topological polar surface area (TPSA) is 86.8 Å². The van der Waals surface area contributed by atoms with Crippen LogP contribution in [-0.4, -0.2) is 61.9 Å². The zero-order chi connectivity index (χ0) is 21.6. The van der Waals surface area contributed by atoms with Crippen LogP contribution >= 0.6 is 0 Å². The minimum absolute atomic E-state index is 0.0580. The summed E-state index contributed by atoms with van der Waals surface area (Å²) in [5, 5.41) is 2.89. The molecule has 2 fully saturated rings. The summed E-state index contributed by atoms with van der Waals surface area (Å²) in [6.07, 6.45) is 7.00. The molecule has 1 aromatic rings. The average Bonchev–Trinajstić information content (AvgIpc) is 2.77. The normalized spacial score (nSPS) is 23.4. The van der Waals surface area contributed by atoms with Gasteiger partial charge in [0.2, 0.25) is 21.8 Å². The quantitative estimate of drug-likeness (QED) is 0.789. The van der Waals surface area contributed by atoms with Crippen molar-refractivity contribution in [3.8, 4) is 0 Å². The summed E-state index contributed by atoms with van der Waals surface area (Å²) in [4.78, 5) is 27.5. The van der Waals surface area contributed by atoms with Crippen molar-refractivity contribution < 1.29 is 18.0 Å². The molecule has 2 aliphatic rings. The summed E-state index contributed by atoms with van der Waals surface area (Å²) in [5.74, 6) is 0.000775. The Morgan fingerprint density at radius 1 is 1.00 bits per heavy atom. The number of amides is 2. The van der Waals surface area contributed by atoms with Gasteiger partial charge in [0.25, 0.3) is 0 Å². The largest absolute Gasteiger partial charge is 0.354 e. The van der Waals surface area contributed by atoms with Gasteiger partial charge in [0.1, 0.15) is 0 Å². The van der Waals surface area contributed by atoms with Crippen molar-refractivity contribution >= 4 is 21.8 Å². The molecule has 1 unspecified atom stereocenters. The Morgan fingerprint density at radius 2 is 1.70 bits per heavy atom. The lowest BCUT2D eigenvalue weighted by molar-refractivity contribution is -0.137. The van der Waals surface area contributed by atoms with Crippen LogP contribution in [-0.2, 0) is 19.6 Å². The molecular formula is C22H33N3O4S. The fourth-order valence-corrected chi connectivity index (χ4v) is 5.67. The molecule has 1 aliphatic heterocycles. The lowest BCUT2D eigenvalue weighted by atomic mass is 9.88. The first-order chi connectivity index (χ1) is 14.4. The van der Waals surface area contributed by atoms with E-state index in [9.17, 15) is 18.0 Å². The van der Waals surface area contributed by atoms with Crippen LogP contribution in [0.1, 0.15) is 56.6 Å². The van der Waals surface area contributed by atoms with Crippen LogP contribution in [0.2, 0.25) is 0 Å². The van der Waals surface area contributed by atoms with Crippen molar-refractivity contribution in [2.75, 3.05) is 32.4 Å². The molecule has 1 saturated carbocycles. The van der Waals surface area contributed by atoms with Crippen LogP contribution in [0.3, 0.4) is 0 Å². The summed E-state index contributed by atoms with van der Waals surface area (Å²) in [5.41, 5.74) is 0.799. The summed E-state index contributed by atoms with van der Waals surface area (Å²) in [6, 6.07) is 8.73. The molecule has 1 atom stereocenters. The van der Waals surface area contributed by atoms with Crippen LogP contribution in [0, 0.1) is 5.92 Å². The Hall–Kier alpha value is -1.93. The van der Waals surface area contributed by atoms with E-state index in [1.165, 1.54) is 17.0 Å². The number of sulfonamides is 1. The number of nitrogens with one attached hydrogen (secondary N) is 1. The highest BCUT2D eigenvalue weighted by molar-refractivity contribution is 7.88. The number of hydrogen-bond acceptors (Lipinski definition) is 4. The summed E-state index contributed by atoms with van der Waals surface area (Å²) in [7, 11) is -3.53. The molecule has 3 rings (SSSR count). The van der Waals surface area contributed by atoms with Crippen LogP contribution < -0.4 is 5.32 Å². The Balaban J connectivity index is 1.80. The van der Waals surface area contributed by atoms with Crippen LogP contribution in [0.15, 0.2) is 30.3 Å². The van der Waals surface area contributed by atoms with Crippen LogP contribution in [0.5, 0.6) is 0 Å². The standard InChI is InChI=1S/C22H33N3O4S/c1-30(28,29)25-15-8-14-24(22(27)19-11-6-3-7-12-19)16-13-23-21(26)17-20(25)18-9-4-2-5-10-18/h2,4-5,9-10,19-20H,3,6-8,11-17H2,1H3,(H,23,26). The van der Waals surface area contributed by atoms with E-state index in [-0.39, 0.29) is 30.7 Å². The van der Waals surface area contributed by atoms with Gasteiger partial charge in [-0.2, -0.15) is 4.31 Å². The summed E-state index contributed by atoms with van der Waals surface area (Å²) >= 11 is 0. The van der Waals surface area contributed by atoms with Gasteiger partial charge in [-0.15, -0.1) is 0 Å². The predicted octanol–water partition coefficient (Wildman–Crippen LogP) is 2.31. The van der Waals surface area contributed by atoms with Crippen molar-refractivity contribution in [2.45, 2.75) is 51.0 Å². The molecule has 1 heterocycles. The molecule has 0 aromatic heterocycles. The minimum atomic E-state index is -3.53. The van der Waals surface area contributed by atoms with E-state index >= 15 is 0 Å². The molecule has 1 saturated heterocycles. The third-order valence-corrected chi connectivity index (χ3v) is 7.40. The van der Waals surface area contributed by atoms with Crippen molar-refractivity contribution in [2.24, 2.45) is 5.92 Å². The molecule has 2 amide bonds. The lowest BCUT2D eigenvalue weighted by Gasteiger charge is -2.31. The van der Waals surface area contributed by atoms with Gasteiger partial charge in [-0.3, -0.25) is 9.59 Å². The molecule has 7 nitrogen and oxygen atoms in total. The van der Waals surface area contributed by atoms with E-state index < -0.39 is 16.1 Å². The summed E-state index contributed by atoms with van der Waals surface area (Å²) < 4.78 is 26.6. The maximum Gasteiger partial charge on any atom is 0.225 e. The highest BCUT2D eigenvalue weighted by Crippen LogP contribution is 2.28. The minimum Gasteiger partial charge on any atom is -0.354 e. The number of rotatable bonds is 3. The molecule has 166 valence electrons. The third-order valence-electron chi connectivity index (χ3n) is 6.11. The average molecular weight is 436 g/mol. The number of benzene rings is 1. The fraction of sp³-hybridized carbons (Fsp3) is 0.636. The van der Waals surface area contributed by atoms with Crippen molar-refractivity contribution in [1.82, 2.24) is 14.5 Å². The van der Waals surface area contributed by atoms with E-state index in [0.717, 1.165) is 31.2 Å². The van der Waals surface area contributed by atoms with Gasteiger partial charge in [-0.1, -0.05) is 49.6 Å². The van der Waals surface area contributed by atoms with E-state index in [1.54, 1.807) is 0 Å². The van der Waals surface area contributed by atoms with Crippen molar-refractivity contribution in [1.29, 1.82) is 0 Å². The SMILES string of the molecule is CS(=O)(=O)N1CCCN(C(=O)C2CCCCC2)CCNC(=O)CC1c1ccccc1. The smallest absolute Gasteiger partial charge is 0.225 e. The van der Waals surface area contributed by atoms with E-state index in [4.69, 9.17) is 0 Å². The zero-order valence-electron chi connectivity index (χ0n) is 17.8. The molecule has 0 radical (unpaired) electrons. The number of hydrogen-bond donors (Lipinski definition) is 1. The highest BCUT2D eigenvalue weighted by Gasteiger charge is 2.31. The van der Waals surface area contributed by atoms with Gasteiger partial charge >= 0.3 is 0 Å². The van der Waals surface area contributed by atoms with Gasteiger partial charge in [0, 0.05) is 38.5 Å². The van der Waals surface area contributed by atoms with Crippen LogP contribution in [0.25, 0.3) is 0 Å². The number of carbonyl (C=O) groups is 2. The van der Waals surface area contributed by atoms with Crippen molar-refractivity contribution in [3.05, 3.63) is 35.9 Å². The molecule has 30 heavy (non-hydrogen) atoms. The van der Waals surface area contributed by atoms with Crippen LogP contribution in [0.4, 0.5) is 0 Å². The fourth-order valence-electron chi connectivity index (χ4n) is 4.55. The molecule has 1 N–H and O–H groups in total. The van der Waals surface area contributed by atoms with Gasteiger partial charge in [-0.05, 0) is 24.8 Å². The lowest BCUT2D eigenvalue weighted by Crippen LogP contribution is -2.42. The molecule has 8 heteroatoms. The molecular weight excluding hydrogens is 402 g/mol. The third kappa shape index (κ3) is 6.04. The van der Waals surface area contributed by atoms with Gasteiger partial charge in [0.05, 0.1) is 12.3 Å². The molecule has 0 spiro atoms. The zero-order valence-corrected chi connectivity index (χ0v) is 18.6. The summed E-state index contributed by atoms with van der Waals surface area (Å²) in [6.45, 7) is 1.63. The first kappa shape index (κ1) is 22.7. The Morgan fingerprint density at radius 3 is 2.37 bits per heavy atom. The van der Waals surface area contributed by atoms with Gasteiger partial charge < -0.3 is 10.2 Å². The molecule has 1 aliphatic carbocycles. The highest BCUT2D eigenvalue weighted by atomic mass is 32.2. The van der Waals surface area contributed by atoms with Gasteiger partial charge in [0.15, 0.2) is 0 Å². The van der Waals surface area contributed by atoms with E-state index in [0.29, 0.717) is 26.1 Å². The second-order valence-corrected chi connectivity index (χ2v) is 10.3. The maximum absolute atomic E-state index is 13.0. The Kier molecular flexibility index (Phi) is 7.88. The Labute approximate surface area is 179 Å². The van der Waals surface area contributed by atoms with E-state index in [1.807, 2.05) is 35.2 Å². The van der Waals surface area contributed by atoms with Gasteiger partial charge in [-0.25, -0.2) is 8.42 Å². The maximum atomic E-state index is 13.0. The number of carbonyl (C=O) groups excluding carboxylic acids is 2.